The van der Waals surface area contributed by atoms with Crippen molar-refractivity contribution in [1.29, 1.82) is 0 Å². The average Bonchev–Trinajstić information content (AvgIpc) is 2.61. The number of hydrogen-bond donors (Lipinski definition) is 0. The largest absolute Gasteiger partial charge is 0.358 e. The number of benzene rings is 1. The summed E-state index contributed by atoms with van der Waals surface area (Å²) in [4.78, 5) is 25.1. The lowest BCUT2D eigenvalue weighted by molar-refractivity contribution is 0.0983. The highest BCUT2D eigenvalue weighted by Gasteiger charge is 2.17. The fraction of sp³-hybridized carbons (Fsp3) is 0.389. The lowest BCUT2D eigenvalue weighted by Gasteiger charge is -2.21. The minimum absolute atomic E-state index is 0.131. The summed E-state index contributed by atoms with van der Waals surface area (Å²) in [6.07, 6.45) is 5.47. The fourth-order valence-electron chi connectivity index (χ4n) is 2.33. The Morgan fingerprint density at radius 1 is 1.09 bits per heavy atom. The van der Waals surface area contributed by atoms with Crippen LogP contribution in [0.15, 0.2) is 42.7 Å². The third kappa shape index (κ3) is 4.28. The number of para-hydroxylation sites is 1. The third-order valence-electron chi connectivity index (χ3n) is 3.72. The van der Waals surface area contributed by atoms with Gasteiger partial charge in [0.1, 0.15) is 11.5 Å². The van der Waals surface area contributed by atoms with E-state index in [-0.39, 0.29) is 5.91 Å². The first-order valence-electron chi connectivity index (χ1n) is 8.07. The molecule has 2 rings (SSSR count). The van der Waals surface area contributed by atoms with Crippen LogP contribution >= 0.6 is 0 Å². The maximum absolute atomic E-state index is 12.6. The molecular weight excluding hydrogens is 288 g/mol. The van der Waals surface area contributed by atoms with Gasteiger partial charge in [0, 0.05) is 25.8 Å². The molecule has 1 aromatic heterocycles. The Kier molecular flexibility index (Phi) is 6.09. The zero-order chi connectivity index (χ0) is 16.7. The van der Waals surface area contributed by atoms with E-state index >= 15 is 0 Å². The van der Waals surface area contributed by atoms with Gasteiger partial charge >= 0.3 is 0 Å². The van der Waals surface area contributed by atoms with E-state index in [1.165, 1.54) is 0 Å². The molecule has 0 aliphatic heterocycles. The van der Waals surface area contributed by atoms with Gasteiger partial charge in [0.25, 0.3) is 5.91 Å². The topological polar surface area (TPSA) is 49.3 Å². The molecule has 0 aliphatic carbocycles. The summed E-state index contributed by atoms with van der Waals surface area (Å²) in [6.45, 7) is 5.63. The van der Waals surface area contributed by atoms with Gasteiger partial charge in [0.05, 0.1) is 12.4 Å². The van der Waals surface area contributed by atoms with Crippen LogP contribution in [0.3, 0.4) is 0 Å². The summed E-state index contributed by atoms with van der Waals surface area (Å²) in [7, 11) is 1.99. The molecule has 1 heterocycles. The molecule has 0 aliphatic rings. The van der Waals surface area contributed by atoms with E-state index in [1.807, 2.05) is 44.3 Å². The predicted octanol–water partition coefficient (Wildman–Crippen LogP) is 3.38. The summed E-state index contributed by atoms with van der Waals surface area (Å²) in [5.41, 5.74) is 1.23. The van der Waals surface area contributed by atoms with Crippen LogP contribution in [0.2, 0.25) is 0 Å². The summed E-state index contributed by atoms with van der Waals surface area (Å²) < 4.78 is 0. The smallest absolute Gasteiger partial charge is 0.278 e. The predicted molar refractivity (Wildman–Crippen MR) is 94.0 cm³/mol. The highest BCUT2D eigenvalue weighted by Crippen LogP contribution is 2.16. The molecule has 0 spiro atoms. The van der Waals surface area contributed by atoms with Crippen molar-refractivity contribution in [2.45, 2.75) is 26.7 Å². The van der Waals surface area contributed by atoms with Gasteiger partial charge in [-0.3, -0.25) is 4.79 Å². The van der Waals surface area contributed by atoms with Crippen molar-refractivity contribution in [2.75, 3.05) is 29.9 Å². The molecule has 0 N–H and O–H groups in total. The molecule has 5 heteroatoms. The Balaban J connectivity index is 2.13. The van der Waals surface area contributed by atoms with Crippen molar-refractivity contribution >= 4 is 17.4 Å². The van der Waals surface area contributed by atoms with Gasteiger partial charge in [-0.05, 0) is 25.5 Å². The fourth-order valence-corrected chi connectivity index (χ4v) is 2.33. The number of carbonyl (C=O) groups excluding carboxylic acids is 1. The van der Waals surface area contributed by atoms with Crippen LogP contribution < -0.4 is 9.80 Å². The molecule has 122 valence electrons. The molecule has 2 aromatic rings. The first kappa shape index (κ1) is 16.9. The van der Waals surface area contributed by atoms with E-state index in [1.54, 1.807) is 17.3 Å². The van der Waals surface area contributed by atoms with E-state index in [4.69, 9.17) is 0 Å². The van der Waals surface area contributed by atoms with Gasteiger partial charge in [-0.15, -0.1) is 0 Å². The number of anilines is 2. The number of amides is 1. The molecular formula is C18H24N4O. The van der Waals surface area contributed by atoms with Crippen molar-refractivity contribution in [3.63, 3.8) is 0 Å². The molecule has 0 bridgehead atoms. The molecule has 1 amide bonds. The maximum atomic E-state index is 12.6. The molecule has 5 nitrogen and oxygen atoms in total. The van der Waals surface area contributed by atoms with Gasteiger partial charge in [-0.1, -0.05) is 31.5 Å². The number of nitrogens with zero attached hydrogens (tertiary/aromatic N) is 4. The molecule has 1 aromatic carbocycles. The quantitative estimate of drug-likeness (QED) is 0.786. The van der Waals surface area contributed by atoms with Crippen molar-refractivity contribution < 1.29 is 4.79 Å². The lowest BCUT2D eigenvalue weighted by Crippen LogP contribution is -2.31. The molecule has 0 saturated heterocycles. The van der Waals surface area contributed by atoms with E-state index in [0.717, 1.165) is 30.9 Å². The first-order valence-corrected chi connectivity index (χ1v) is 8.07. The van der Waals surface area contributed by atoms with Crippen molar-refractivity contribution in [2.24, 2.45) is 0 Å². The van der Waals surface area contributed by atoms with Crippen LogP contribution in [0.4, 0.5) is 11.5 Å². The van der Waals surface area contributed by atoms with Crippen molar-refractivity contribution in [1.82, 2.24) is 9.97 Å². The number of unbranched alkanes of at least 4 members (excludes halogenated alkanes) is 1. The second kappa shape index (κ2) is 8.27. The number of aromatic nitrogens is 2. The Bertz CT molecular complexity index is 613. The van der Waals surface area contributed by atoms with Crippen LogP contribution in [-0.2, 0) is 0 Å². The number of rotatable bonds is 7. The summed E-state index contributed by atoms with van der Waals surface area (Å²) in [5.74, 6) is 0.659. The normalized spacial score (nSPS) is 10.4. The minimum Gasteiger partial charge on any atom is -0.358 e. The number of hydrogen-bond acceptors (Lipinski definition) is 4. The zero-order valence-electron chi connectivity index (χ0n) is 14.1. The first-order chi connectivity index (χ1) is 11.2. The summed E-state index contributed by atoms with van der Waals surface area (Å²) in [5, 5.41) is 0. The minimum atomic E-state index is -0.131. The average molecular weight is 312 g/mol. The van der Waals surface area contributed by atoms with Gasteiger partial charge in [-0.2, -0.15) is 0 Å². The standard InChI is InChI=1S/C18H24N4O/c1-4-6-12-21(3)17-14-19-16(13-20-17)18(23)22(5-2)15-10-8-7-9-11-15/h7-11,13-14H,4-6,12H2,1-3H3. The van der Waals surface area contributed by atoms with Crippen LogP contribution in [-0.4, -0.2) is 36.0 Å². The van der Waals surface area contributed by atoms with Gasteiger partial charge in [0.15, 0.2) is 0 Å². The monoisotopic (exact) mass is 312 g/mol. The Hall–Kier alpha value is -2.43. The second-order valence-corrected chi connectivity index (χ2v) is 5.42. The van der Waals surface area contributed by atoms with Crippen molar-refractivity contribution in [3.05, 3.63) is 48.4 Å². The van der Waals surface area contributed by atoms with E-state index in [9.17, 15) is 4.79 Å². The Morgan fingerprint density at radius 2 is 1.83 bits per heavy atom. The van der Waals surface area contributed by atoms with Gasteiger partial charge in [-0.25, -0.2) is 9.97 Å². The SMILES string of the molecule is CCCCN(C)c1cnc(C(=O)N(CC)c2ccccc2)cn1. The van der Waals surface area contributed by atoms with Gasteiger partial charge < -0.3 is 9.80 Å². The van der Waals surface area contributed by atoms with E-state index in [0.29, 0.717) is 12.2 Å². The van der Waals surface area contributed by atoms with Crippen LogP contribution in [0.25, 0.3) is 0 Å². The van der Waals surface area contributed by atoms with E-state index in [2.05, 4.69) is 21.8 Å². The molecule has 0 atom stereocenters. The summed E-state index contributed by atoms with van der Waals surface area (Å²) >= 11 is 0. The van der Waals surface area contributed by atoms with Crippen LogP contribution in [0.1, 0.15) is 37.2 Å². The highest BCUT2D eigenvalue weighted by atomic mass is 16.2. The zero-order valence-corrected chi connectivity index (χ0v) is 14.1. The van der Waals surface area contributed by atoms with E-state index < -0.39 is 0 Å². The third-order valence-corrected chi connectivity index (χ3v) is 3.72. The van der Waals surface area contributed by atoms with Crippen LogP contribution in [0, 0.1) is 0 Å². The molecule has 0 saturated carbocycles. The second-order valence-electron chi connectivity index (χ2n) is 5.42. The molecule has 0 fully saturated rings. The number of carbonyl (C=O) groups is 1. The van der Waals surface area contributed by atoms with Crippen molar-refractivity contribution in [3.8, 4) is 0 Å². The Morgan fingerprint density at radius 3 is 2.39 bits per heavy atom. The molecule has 0 radical (unpaired) electrons. The van der Waals surface area contributed by atoms with Gasteiger partial charge in [0.2, 0.25) is 0 Å². The molecule has 23 heavy (non-hydrogen) atoms. The Labute approximate surface area is 138 Å². The lowest BCUT2D eigenvalue weighted by atomic mass is 10.2. The summed E-state index contributed by atoms with van der Waals surface area (Å²) in [6, 6.07) is 9.61. The van der Waals surface area contributed by atoms with Crippen LogP contribution in [0.5, 0.6) is 0 Å². The highest BCUT2D eigenvalue weighted by molar-refractivity contribution is 6.04. The molecule has 0 unspecified atom stereocenters. The maximum Gasteiger partial charge on any atom is 0.278 e.